The highest BCUT2D eigenvalue weighted by molar-refractivity contribution is 5.77. The Kier molecular flexibility index (Phi) is 4.56. The lowest BCUT2D eigenvalue weighted by molar-refractivity contribution is -0.135. The molecule has 0 radical (unpaired) electrons. The number of aliphatic hydroxyl groups excluding tert-OH is 1. The third-order valence-electron chi connectivity index (χ3n) is 4.70. The number of hydrogen-bond donors (Lipinski definition) is 1. The number of rotatable bonds is 4. The number of fused-ring (bicyclic) bond motifs is 1. The fourth-order valence-corrected chi connectivity index (χ4v) is 3.43. The second-order valence-electron chi connectivity index (χ2n) is 6.00. The number of amides is 1. The summed E-state index contributed by atoms with van der Waals surface area (Å²) in [6.45, 7) is 2.33. The largest absolute Gasteiger partial charge is 0.394 e. The van der Waals surface area contributed by atoms with Crippen LogP contribution in [0.3, 0.4) is 0 Å². The van der Waals surface area contributed by atoms with E-state index in [9.17, 15) is 9.90 Å². The molecule has 0 bridgehead atoms. The number of hydrogen-bond acceptors (Lipinski definition) is 3. The zero-order valence-electron chi connectivity index (χ0n) is 12.3. The minimum atomic E-state index is -0.178. The highest BCUT2D eigenvalue weighted by Crippen LogP contribution is 2.30. The summed E-state index contributed by atoms with van der Waals surface area (Å²) >= 11 is 0. The summed E-state index contributed by atoms with van der Waals surface area (Å²) in [5.41, 5.74) is 2.36. The summed E-state index contributed by atoms with van der Waals surface area (Å²) in [5.74, 6) is 0.689. The topological polar surface area (TPSA) is 49.8 Å². The molecule has 21 heavy (non-hydrogen) atoms. The summed E-state index contributed by atoms with van der Waals surface area (Å²) in [7, 11) is 0. The monoisotopic (exact) mass is 289 g/mol. The first kappa shape index (κ1) is 14.5. The Balaban J connectivity index is 1.65. The summed E-state index contributed by atoms with van der Waals surface area (Å²) in [6.07, 6.45) is 3.41. The summed E-state index contributed by atoms with van der Waals surface area (Å²) < 4.78 is 5.36. The fraction of sp³-hybridized carbons (Fsp3) is 0.588. The molecule has 4 heteroatoms. The maximum atomic E-state index is 12.5. The van der Waals surface area contributed by atoms with Crippen molar-refractivity contribution in [1.29, 1.82) is 0 Å². The van der Waals surface area contributed by atoms with E-state index in [1.807, 2.05) is 23.1 Å². The third-order valence-corrected chi connectivity index (χ3v) is 4.70. The van der Waals surface area contributed by atoms with Crippen molar-refractivity contribution in [2.75, 3.05) is 26.4 Å². The van der Waals surface area contributed by atoms with Gasteiger partial charge >= 0.3 is 0 Å². The van der Waals surface area contributed by atoms with Crippen molar-refractivity contribution in [1.82, 2.24) is 4.90 Å². The first-order valence-corrected chi connectivity index (χ1v) is 7.85. The van der Waals surface area contributed by atoms with Crippen LogP contribution in [0.5, 0.6) is 0 Å². The minimum absolute atomic E-state index is 0.00467. The van der Waals surface area contributed by atoms with Crippen LogP contribution in [0.1, 0.15) is 36.4 Å². The van der Waals surface area contributed by atoms with Crippen molar-refractivity contribution >= 4 is 5.91 Å². The van der Waals surface area contributed by atoms with Crippen LogP contribution in [-0.4, -0.2) is 42.3 Å². The molecule has 114 valence electrons. The van der Waals surface area contributed by atoms with Crippen molar-refractivity contribution in [3.8, 4) is 0 Å². The van der Waals surface area contributed by atoms with Crippen LogP contribution >= 0.6 is 0 Å². The fourth-order valence-electron chi connectivity index (χ4n) is 3.43. The number of carbonyl (C=O) groups excluding carboxylic acids is 1. The lowest BCUT2D eigenvalue weighted by Crippen LogP contribution is -2.41. The standard InChI is InChI=1S/C17H23NO3/c19-11-16-15-4-2-1-3-14(15)7-9-18(16)17(20)6-5-13-8-10-21-12-13/h1-4,13,16,19H,5-12H2/t13-,16-/m0/s1. The molecule has 0 spiro atoms. The second-order valence-corrected chi connectivity index (χ2v) is 6.00. The zero-order chi connectivity index (χ0) is 14.7. The van der Waals surface area contributed by atoms with E-state index in [-0.39, 0.29) is 18.6 Å². The Hall–Kier alpha value is -1.39. The Bertz CT molecular complexity index is 497. The van der Waals surface area contributed by atoms with E-state index in [0.717, 1.165) is 38.0 Å². The van der Waals surface area contributed by atoms with Gasteiger partial charge in [-0.15, -0.1) is 0 Å². The number of benzene rings is 1. The maximum absolute atomic E-state index is 12.5. The molecule has 2 aliphatic rings. The van der Waals surface area contributed by atoms with E-state index in [2.05, 4.69) is 6.07 Å². The Morgan fingerprint density at radius 1 is 1.38 bits per heavy atom. The van der Waals surface area contributed by atoms with E-state index in [1.165, 1.54) is 5.56 Å². The van der Waals surface area contributed by atoms with Crippen LogP contribution in [0, 0.1) is 5.92 Å². The molecule has 1 N–H and O–H groups in total. The molecular formula is C17H23NO3. The lowest BCUT2D eigenvalue weighted by atomic mass is 9.92. The van der Waals surface area contributed by atoms with Crippen molar-refractivity contribution in [2.24, 2.45) is 5.92 Å². The van der Waals surface area contributed by atoms with E-state index < -0.39 is 0 Å². The van der Waals surface area contributed by atoms with Crippen molar-refractivity contribution in [2.45, 2.75) is 31.7 Å². The van der Waals surface area contributed by atoms with Gasteiger partial charge in [0.05, 0.1) is 12.6 Å². The summed E-state index contributed by atoms with van der Waals surface area (Å²) in [4.78, 5) is 14.4. The molecule has 1 aromatic carbocycles. The molecule has 0 aliphatic carbocycles. The molecular weight excluding hydrogens is 266 g/mol. The molecule has 0 aromatic heterocycles. The van der Waals surface area contributed by atoms with Gasteiger partial charge in [-0.05, 0) is 36.3 Å². The third kappa shape index (κ3) is 3.11. The van der Waals surface area contributed by atoms with Crippen LogP contribution in [0.4, 0.5) is 0 Å². The zero-order valence-corrected chi connectivity index (χ0v) is 12.3. The van der Waals surface area contributed by atoms with Crippen LogP contribution in [-0.2, 0) is 16.0 Å². The SMILES string of the molecule is O=C(CC[C@H]1CCOC1)N1CCc2ccccc2[C@@H]1CO. The number of aliphatic hydroxyl groups is 1. The molecule has 0 saturated carbocycles. The average molecular weight is 289 g/mol. The van der Waals surface area contributed by atoms with E-state index in [4.69, 9.17) is 4.74 Å². The predicted molar refractivity (Wildman–Crippen MR) is 79.8 cm³/mol. The average Bonchev–Trinajstić information content (AvgIpc) is 3.04. The molecule has 0 unspecified atom stereocenters. The molecule has 1 fully saturated rings. The van der Waals surface area contributed by atoms with Gasteiger partial charge in [-0.1, -0.05) is 24.3 Å². The first-order valence-electron chi connectivity index (χ1n) is 7.85. The van der Waals surface area contributed by atoms with Gasteiger partial charge in [0.1, 0.15) is 0 Å². The van der Waals surface area contributed by atoms with Crippen LogP contribution < -0.4 is 0 Å². The molecule has 2 aliphatic heterocycles. The van der Waals surface area contributed by atoms with Crippen molar-refractivity contribution in [3.63, 3.8) is 0 Å². The quantitative estimate of drug-likeness (QED) is 0.921. The maximum Gasteiger partial charge on any atom is 0.223 e. The number of carbonyl (C=O) groups is 1. The van der Waals surface area contributed by atoms with Gasteiger partial charge in [0, 0.05) is 26.2 Å². The second kappa shape index (κ2) is 6.58. The van der Waals surface area contributed by atoms with E-state index in [1.54, 1.807) is 0 Å². The van der Waals surface area contributed by atoms with E-state index >= 15 is 0 Å². The predicted octanol–water partition coefficient (Wildman–Crippen LogP) is 1.92. The van der Waals surface area contributed by atoms with Gasteiger partial charge in [0.15, 0.2) is 0 Å². The Labute approximate surface area is 125 Å². The van der Waals surface area contributed by atoms with Crippen LogP contribution in [0.15, 0.2) is 24.3 Å². The van der Waals surface area contributed by atoms with Crippen molar-refractivity contribution < 1.29 is 14.6 Å². The minimum Gasteiger partial charge on any atom is -0.394 e. The Morgan fingerprint density at radius 3 is 3.00 bits per heavy atom. The number of nitrogens with zero attached hydrogens (tertiary/aromatic N) is 1. The number of ether oxygens (including phenoxy) is 1. The van der Waals surface area contributed by atoms with Gasteiger partial charge in [-0.2, -0.15) is 0 Å². The first-order chi connectivity index (χ1) is 10.3. The summed E-state index contributed by atoms with van der Waals surface area (Å²) in [5, 5.41) is 9.72. The smallest absolute Gasteiger partial charge is 0.223 e. The summed E-state index contributed by atoms with van der Waals surface area (Å²) in [6, 6.07) is 7.94. The van der Waals surface area contributed by atoms with Gasteiger partial charge in [-0.25, -0.2) is 0 Å². The van der Waals surface area contributed by atoms with Crippen LogP contribution in [0.2, 0.25) is 0 Å². The molecule has 2 atom stereocenters. The van der Waals surface area contributed by atoms with Gasteiger partial charge < -0.3 is 14.7 Å². The molecule has 3 rings (SSSR count). The van der Waals surface area contributed by atoms with E-state index in [0.29, 0.717) is 18.9 Å². The lowest BCUT2D eigenvalue weighted by Gasteiger charge is -2.36. The van der Waals surface area contributed by atoms with Gasteiger partial charge in [0.25, 0.3) is 0 Å². The highest BCUT2D eigenvalue weighted by Gasteiger charge is 2.30. The molecule has 2 heterocycles. The van der Waals surface area contributed by atoms with Gasteiger partial charge in [-0.3, -0.25) is 4.79 Å². The van der Waals surface area contributed by atoms with Crippen molar-refractivity contribution in [3.05, 3.63) is 35.4 Å². The molecule has 1 aromatic rings. The molecule has 1 saturated heterocycles. The van der Waals surface area contributed by atoms with Crippen LogP contribution in [0.25, 0.3) is 0 Å². The molecule has 1 amide bonds. The highest BCUT2D eigenvalue weighted by atomic mass is 16.5. The molecule has 4 nitrogen and oxygen atoms in total. The normalized spacial score (nSPS) is 24.9. The Morgan fingerprint density at radius 2 is 2.24 bits per heavy atom. The van der Waals surface area contributed by atoms with Gasteiger partial charge in [0.2, 0.25) is 5.91 Å².